The van der Waals surface area contributed by atoms with E-state index < -0.39 is 6.04 Å². The maximum Gasteiger partial charge on any atom is 0.251 e. The van der Waals surface area contributed by atoms with Crippen LogP contribution in [0.15, 0.2) is 47.1 Å². The van der Waals surface area contributed by atoms with Crippen molar-refractivity contribution < 1.29 is 9.32 Å². The van der Waals surface area contributed by atoms with Gasteiger partial charge in [-0.3, -0.25) is 9.78 Å². The van der Waals surface area contributed by atoms with Crippen molar-refractivity contribution in [3.05, 3.63) is 64.8 Å². The fraction of sp³-hybridized carbons (Fsp3) is 0.300. The van der Waals surface area contributed by atoms with Gasteiger partial charge in [0.25, 0.3) is 5.91 Å². The van der Waals surface area contributed by atoms with Crippen LogP contribution in [-0.2, 0) is 0 Å². The number of rotatable bonds is 5. The second kappa shape index (κ2) is 7.48. The molecule has 1 saturated carbocycles. The number of hydrogen-bond acceptors (Lipinski definition) is 5. The molecule has 0 aliphatic heterocycles. The van der Waals surface area contributed by atoms with E-state index in [-0.39, 0.29) is 5.91 Å². The number of hydrogen-bond donors (Lipinski definition) is 1. The first-order valence-electron chi connectivity index (χ1n) is 8.96. The molecule has 6 nitrogen and oxygen atoms in total. The lowest BCUT2D eigenvalue weighted by Gasteiger charge is -2.24. The molecule has 1 aromatic carbocycles. The van der Waals surface area contributed by atoms with Crippen LogP contribution < -0.4 is 5.32 Å². The molecule has 1 aliphatic carbocycles. The van der Waals surface area contributed by atoms with Crippen LogP contribution in [0.5, 0.6) is 0 Å². The van der Waals surface area contributed by atoms with E-state index in [2.05, 4.69) is 20.4 Å². The first kappa shape index (κ1) is 17.7. The lowest BCUT2D eigenvalue weighted by molar-refractivity contribution is 0.0932. The highest BCUT2D eigenvalue weighted by Crippen LogP contribution is 2.36. The van der Waals surface area contributed by atoms with Crippen molar-refractivity contribution in [2.24, 2.45) is 0 Å². The van der Waals surface area contributed by atoms with Crippen molar-refractivity contribution in [1.29, 1.82) is 0 Å². The van der Waals surface area contributed by atoms with E-state index in [0.717, 1.165) is 11.3 Å². The fourth-order valence-electron chi connectivity index (χ4n) is 3.01. The molecular weight excluding hydrogens is 364 g/mol. The van der Waals surface area contributed by atoms with Crippen LogP contribution in [0.3, 0.4) is 0 Å². The van der Waals surface area contributed by atoms with Gasteiger partial charge in [0.2, 0.25) is 11.7 Å². The molecule has 1 amide bonds. The Bertz CT molecular complexity index is 968. The first-order chi connectivity index (χ1) is 13.1. The number of nitrogens with zero attached hydrogens (tertiary/aromatic N) is 3. The molecule has 27 heavy (non-hydrogen) atoms. The third-order valence-electron chi connectivity index (χ3n) is 4.81. The Morgan fingerprint density at radius 2 is 2.15 bits per heavy atom. The lowest BCUT2D eigenvalue weighted by Crippen LogP contribution is -2.26. The molecule has 1 N–H and O–H groups in total. The average Bonchev–Trinajstić information content (AvgIpc) is 3.11. The lowest BCUT2D eigenvalue weighted by atomic mass is 9.82. The highest BCUT2D eigenvalue weighted by molar-refractivity contribution is 6.30. The van der Waals surface area contributed by atoms with Gasteiger partial charge in [0.05, 0.1) is 0 Å². The molecule has 1 fully saturated rings. The smallest absolute Gasteiger partial charge is 0.251 e. The normalized spacial score (nSPS) is 15.2. The predicted octanol–water partition coefficient (Wildman–Crippen LogP) is 4.54. The molecule has 0 spiro atoms. The van der Waals surface area contributed by atoms with E-state index in [4.69, 9.17) is 16.1 Å². The van der Waals surface area contributed by atoms with E-state index >= 15 is 0 Å². The van der Waals surface area contributed by atoms with Crippen molar-refractivity contribution in [3.8, 4) is 11.4 Å². The Kier molecular flexibility index (Phi) is 4.90. The van der Waals surface area contributed by atoms with E-state index in [9.17, 15) is 4.79 Å². The zero-order chi connectivity index (χ0) is 18.8. The van der Waals surface area contributed by atoms with Gasteiger partial charge in [-0.2, -0.15) is 4.98 Å². The summed E-state index contributed by atoms with van der Waals surface area (Å²) in [7, 11) is 0. The molecule has 1 atom stereocenters. The Morgan fingerprint density at radius 3 is 2.89 bits per heavy atom. The van der Waals surface area contributed by atoms with E-state index in [0.29, 0.717) is 28.2 Å². The van der Waals surface area contributed by atoms with Gasteiger partial charge in [0, 0.05) is 34.0 Å². The van der Waals surface area contributed by atoms with Gasteiger partial charge in [0.1, 0.15) is 6.04 Å². The summed E-state index contributed by atoms with van der Waals surface area (Å²) in [5.41, 5.74) is 2.43. The number of benzene rings is 1. The second-order valence-corrected chi connectivity index (χ2v) is 7.20. The number of pyridine rings is 1. The van der Waals surface area contributed by atoms with Gasteiger partial charge in [-0.1, -0.05) is 29.2 Å². The largest absolute Gasteiger partial charge is 0.341 e. The van der Waals surface area contributed by atoms with Gasteiger partial charge in [-0.25, -0.2) is 0 Å². The van der Waals surface area contributed by atoms with Gasteiger partial charge in [0.15, 0.2) is 0 Å². The number of halogens is 1. The second-order valence-electron chi connectivity index (χ2n) is 6.76. The van der Waals surface area contributed by atoms with Crippen LogP contribution in [-0.4, -0.2) is 21.0 Å². The van der Waals surface area contributed by atoms with Gasteiger partial charge >= 0.3 is 0 Å². The summed E-state index contributed by atoms with van der Waals surface area (Å²) >= 11 is 5.94. The van der Waals surface area contributed by atoms with Gasteiger partial charge < -0.3 is 9.84 Å². The number of amides is 1. The van der Waals surface area contributed by atoms with Crippen molar-refractivity contribution in [3.63, 3.8) is 0 Å². The van der Waals surface area contributed by atoms with Crippen molar-refractivity contribution in [2.45, 2.75) is 38.1 Å². The van der Waals surface area contributed by atoms with Gasteiger partial charge in [-0.15, -0.1) is 0 Å². The number of aromatic nitrogens is 3. The standard InChI is InChI=1S/C20H19ClN4O2/c1-12(23-19(26)15-6-3-7-16(21)10-15)20-24-18(25-27-20)14-8-9-22-17(11-14)13-4-2-5-13/h3,6-13H,2,4-5H2,1H3,(H,23,26)/t12-/m0/s1. The monoisotopic (exact) mass is 382 g/mol. The summed E-state index contributed by atoms with van der Waals surface area (Å²) in [6, 6.07) is 10.2. The summed E-state index contributed by atoms with van der Waals surface area (Å²) in [5, 5.41) is 7.42. The SMILES string of the molecule is C[C@H](NC(=O)c1cccc(Cl)c1)c1nc(-c2ccnc(C3CCC3)c2)no1. The van der Waals surface area contributed by atoms with Crippen LogP contribution in [0.25, 0.3) is 11.4 Å². The molecule has 1 aliphatic rings. The summed E-state index contributed by atoms with van der Waals surface area (Å²) in [4.78, 5) is 21.2. The Hall–Kier alpha value is -2.73. The van der Waals surface area contributed by atoms with E-state index in [1.165, 1.54) is 19.3 Å². The third-order valence-corrected chi connectivity index (χ3v) is 5.04. The Balaban J connectivity index is 1.48. The maximum absolute atomic E-state index is 12.3. The van der Waals surface area contributed by atoms with Gasteiger partial charge in [-0.05, 0) is 50.1 Å². The fourth-order valence-corrected chi connectivity index (χ4v) is 3.20. The van der Waals surface area contributed by atoms with Crippen LogP contribution in [0.4, 0.5) is 0 Å². The quantitative estimate of drug-likeness (QED) is 0.700. The van der Waals surface area contributed by atoms with Crippen molar-refractivity contribution in [1.82, 2.24) is 20.4 Å². The van der Waals surface area contributed by atoms with E-state index in [1.54, 1.807) is 37.4 Å². The number of carbonyl (C=O) groups is 1. The summed E-state index contributed by atoms with van der Waals surface area (Å²) < 4.78 is 5.36. The minimum Gasteiger partial charge on any atom is -0.341 e. The molecule has 0 saturated heterocycles. The Morgan fingerprint density at radius 1 is 1.30 bits per heavy atom. The Labute approximate surface area is 162 Å². The number of carbonyl (C=O) groups excluding carboxylic acids is 1. The highest BCUT2D eigenvalue weighted by atomic mass is 35.5. The molecule has 2 aromatic heterocycles. The molecule has 2 heterocycles. The van der Waals surface area contributed by atoms with E-state index in [1.807, 2.05) is 12.1 Å². The molecule has 4 rings (SSSR count). The topological polar surface area (TPSA) is 80.9 Å². The van der Waals surface area contributed by atoms with Crippen LogP contribution >= 0.6 is 11.6 Å². The molecular formula is C20H19ClN4O2. The molecule has 7 heteroatoms. The molecule has 0 radical (unpaired) electrons. The van der Waals surface area contributed by atoms with Crippen molar-refractivity contribution in [2.75, 3.05) is 0 Å². The number of nitrogens with one attached hydrogen (secondary N) is 1. The minimum absolute atomic E-state index is 0.249. The van der Waals surface area contributed by atoms with Crippen LogP contribution in [0.1, 0.15) is 60.1 Å². The molecule has 3 aromatic rings. The average molecular weight is 383 g/mol. The van der Waals surface area contributed by atoms with Crippen LogP contribution in [0.2, 0.25) is 5.02 Å². The minimum atomic E-state index is -0.425. The molecule has 0 unspecified atom stereocenters. The molecule has 0 bridgehead atoms. The van der Waals surface area contributed by atoms with Crippen molar-refractivity contribution >= 4 is 17.5 Å². The van der Waals surface area contributed by atoms with Crippen LogP contribution in [0, 0.1) is 0 Å². The zero-order valence-corrected chi connectivity index (χ0v) is 15.6. The summed E-state index contributed by atoms with van der Waals surface area (Å²) in [5.74, 6) is 1.13. The summed E-state index contributed by atoms with van der Waals surface area (Å²) in [6.07, 6.45) is 5.40. The molecule has 138 valence electrons. The highest BCUT2D eigenvalue weighted by Gasteiger charge is 2.22. The first-order valence-corrected chi connectivity index (χ1v) is 9.34. The zero-order valence-electron chi connectivity index (χ0n) is 14.9. The summed E-state index contributed by atoms with van der Waals surface area (Å²) in [6.45, 7) is 1.80. The maximum atomic E-state index is 12.3. The predicted molar refractivity (Wildman–Crippen MR) is 101 cm³/mol. The third kappa shape index (κ3) is 3.85.